The van der Waals surface area contributed by atoms with Crippen molar-refractivity contribution < 1.29 is 28.6 Å². The van der Waals surface area contributed by atoms with Gasteiger partial charge in [-0.25, -0.2) is 9.18 Å². The first-order valence-corrected chi connectivity index (χ1v) is 9.81. The molecule has 152 valence electrons. The van der Waals surface area contributed by atoms with Crippen molar-refractivity contribution in [2.24, 2.45) is 5.41 Å². The fourth-order valence-electron chi connectivity index (χ4n) is 4.21. The van der Waals surface area contributed by atoms with Crippen molar-refractivity contribution in [1.29, 1.82) is 0 Å². The summed E-state index contributed by atoms with van der Waals surface area (Å²) in [5.74, 6) is -1.62. The second-order valence-electron chi connectivity index (χ2n) is 7.45. The van der Waals surface area contributed by atoms with Crippen LogP contribution in [0.4, 0.5) is 4.39 Å². The molecule has 5 nitrogen and oxygen atoms in total. The summed E-state index contributed by atoms with van der Waals surface area (Å²) in [6.45, 7) is -0.271. The summed E-state index contributed by atoms with van der Waals surface area (Å²) in [5.41, 5.74) is -2.07. The summed E-state index contributed by atoms with van der Waals surface area (Å²) in [6.07, 6.45) is -0.209. The van der Waals surface area contributed by atoms with E-state index < -0.39 is 34.9 Å². The lowest BCUT2D eigenvalue weighted by Gasteiger charge is -2.34. The summed E-state index contributed by atoms with van der Waals surface area (Å²) >= 11 is 11.8. The molecule has 2 aromatic rings. The number of esters is 2. The average molecular weight is 439 g/mol. The largest absolute Gasteiger partial charge is 0.462 e. The first kappa shape index (κ1) is 20.1. The van der Waals surface area contributed by atoms with Gasteiger partial charge in [0.15, 0.2) is 5.60 Å². The Bertz CT molecular complexity index is 980. The highest BCUT2D eigenvalue weighted by molar-refractivity contribution is 6.42. The maximum absolute atomic E-state index is 13.2. The number of fused-ring (bicyclic) bond motifs is 1. The SMILES string of the molecule is O=C(O[C@H]1CC[C@]2(Cc3ccc(F)cc3)C(=O)OC[C@]12O)c1ccc(Cl)c(Cl)c1. The number of hydrogen-bond donors (Lipinski definition) is 1. The Morgan fingerprint density at radius 3 is 2.62 bits per heavy atom. The molecule has 8 heteroatoms. The second-order valence-corrected chi connectivity index (χ2v) is 8.26. The molecule has 4 rings (SSSR count). The van der Waals surface area contributed by atoms with Gasteiger partial charge in [-0.3, -0.25) is 4.79 Å². The highest BCUT2D eigenvalue weighted by Gasteiger charge is 2.70. The van der Waals surface area contributed by atoms with Crippen LogP contribution in [-0.2, 0) is 20.7 Å². The molecular weight excluding hydrogens is 422 g/mol. The zero-order chi connectivity index (χ0) is 20.8. The van der Waals surface area contributed by atoms with Crippen LogP contribution in [0.3, 0.4) is 0 Å². The van der Waals surface area contributed by atoms with Crippen molar-refractivity contribution in [3.63, 3.8) is 0 Å². The molecule has 2 aromatic carbocycles. The molecule has 1 saturated heterocycles. The van der Waals surface area contributed by atoms with E-state index in [1.165, 1.54) is 30.3 Å². The Morgan fingerprint density at radius 2 is 1.93 bits per heavy atom. The maximum atomic E-state index is 13.2. The Balaban J connectivity index is 1.59. The van der Waals surface area contributed by atoms with Crippen molar-refractivity contribution in [3.8, 4) is 0 Å². The van der Waals surface area contributed by atoms with Crippen molar-refractivity contribution in [1.82, 2.24) is 0 Å². The Hall–Kier alpha value is -2.15. The van der Waals surface area contributed by atoms with Crippen molar-refractivity contribution in [2.45, 2.75) is 31.0 Å². The molecule has 1 aliphatic heterocycles. The van der Waals surface area contributed by atoms with E-state index in [-0.39, 0.29) is 30.0 Å². The molecule has 29 heavy (non-hydrogen) atoms. The van der Waals surface area contributed by atoms with E-state index in [1.807, 2.05) is 0 Å². The molecule has 1 aliphatic carbocycles. The number of benzene rings is 2. The first-order valence-electron chi connectivity index (χ1n) is 9.05. The fraction of sp³-hybridized carbons (Fsp3) is 0.333. The van der Waals surface area contributed by atoms with Gasteiger partial charge in [-0.2, -0.15) is 0 Å². The minimum Gasteiger partial charge on any atom is -0.462 e. The average Bonchev–Trinajstić information content (AvgIpc) is 3.10. The molecule has 0 radical (unpaired) electrons. The topological polar surface area (TPSA) is 72.8 Å². The molecule has 0 unspecified atom stereocenters. The van der Waals surface area contributed by atoms with Crippen molar-refractivity contribution in [3.05, 3.63) is 69.5 Å². The van der Waals surface area contributed by atoms with Gasteiger partial charge in [0.25, 0.3) is 0 Å². The highest BCUT2D eigenvalue weighted by atomic mass is 35.5. The summed E-state index contributed by atoms with van der Waals surface area (Å²) < 4.78 is 24.0. The van der Waals surface area contributed by atoms with Gasteiger partial charge in [0.2, 0.25) is 0 Å². The van der Waals surface area contributed by atoms with Crippen LogP contribution in [0.1, 0.15) is 28.8 Å². The molecule has 3 atom stereocenters. The van der Waals surface area contributed by atoms with Gasteiger partial charge < -0.3 is 14.6 Å². The molecule has 1 heterocycles. The Labute approximate surface area is 176 Å². The normalized spacial score (nSPS) is 28.1. The molecular formula is C21H17Cl2FO5. The van der Waals surface area contributed by atoms with Crippen molar-refractivity contribution >= 4 is 35.1 Å². The molecule has 0 spiro atoms. The lowest BCUT2D eigenvalue weighted by molar-refractivity contribution is -0.149. The van der Waals surface area contributed by atoms with Crippen LogP contribution in [0.2, 0.25) is 10.0 Å². The smallest absolute Gasteiger partial charge is 0.338 e. The number of hydrogen-bond acceptors (Lipinski definition) is 5. The highest BCUT2D eigenvalue weighted by Crippen LogP contribution is 2.54. The van der Waals surface area contributed by atoms with Gasteiger partial charge in [0.1, 0.15) is 23.9 Å². The predicted molar refractivity (Wildman–Crippen MR) is 103 cm³/mol. The molecule has 0 amide bonds. The van der Waals surface area contributed by atoms with Crippen LogP contribution in [0.15, 0.2) is 42.5 Å². The summed E-state index contributed by atoms with van der Waals surface area (Å²) in [7, 11) is 0. The van der Waals surface area contributed by atoms with Crippen molar-refractivity contribution in [2.75, 3.05) is 6.61 Å². The Kier molecular flexibility index (Phi) is 5.05. The third-order valence-electron chi connectivity index (χ3n) is 5.83. The third kappa shape index (κ3) is 3.29. The van der Waals surface area contributed by atoms with Gasteiger partial charge >= 0.3 is 11.9 Å². The number of carbonyl (C=O) groups excluding carboxylic acids is 2. The minimum atomic E-state index is -1.68. The van der Waals surface area contributed by atoms with E-state index in [4.69, 9.17) is 32.7 Å². The van der Waals surface area contributed by atoms with E-state index in [2.05, 4.69) is 0 Å². The number of halogens is 3. The maximum Gasteiger partial charge on any atom is 0.338 e. The summed E-state index contributed by atoms with van der Waals surface area (Å²) in [5, 5.41) is 11.9. The number of ether oxygens (including phenoxy) is 2. The number of carbonyl (C=O) groups is 2. The quantitative estimate of drug-likeness (QED) is 0.731. The van der Waals surface area contributed by atoms with Gasteiger partial charge in [-0.05, 0) is 55.2 Å². The van der Waals surface area contributed by atoms with E-state index in [0.29, 0.717) is 17.0 Å². The molecule has 2 aliphatic rings. The molecule has 1 N–H and O–H groups in total. The summed E-state index contributed by atoms with van der Waals surface area (Å²) in [6, 6.07) is 10.0. The van der Waals surface area contributed by atoms with Crippen LogP contribution in [-0.4, -0.2) is 35.4 Å². The fourth-order valence-corrected chi connectivity index (χ4v) is 4.50. The third-order valence-corrected chi connectivity index (χ3v) is 6.57. The van der Waals surface area contributed by atoms with E-state index >= 15 is 0 Å². The van der Waals surface area contributed by atoms with Crippen LogP contribution < -0.4 is 0 Å². The van der Waals surface area contributed by atoms with Gasteiger partial charge in [0, 0.05) is 0 Å². The van der Waals surface area contributed by atoms with Gasteiger partial charge in [0.05, 0.1) is 15.6 Å². The number of rotatable bonds is 4. The molecule has 0 bridgehead atoms. The predicted octanol–water partition coefficient (Wildman–Crippen LogP) is 3.97. The van der Waals surface area contributed by atoms with Crippen LogP contribution in [0, 0.1) is 11.2 Å². The van der Waals surface area contributed by atoms with Crippen LogP contribution in [0.25, 0.3) is 0 Å². The second kappa shape index (κ2) is 7.27. The van der Waals surface area contributed by atoms with Gasteiger partial charge in [-0.15, -0.1) is 0 Å². The first-order chi connectivity index (χ1) is 13.7. The molecule has 1 saturated carbocycles. The standard InChI is InChI=1S/C21H17Cl2FO5/c22-15-6-3-13(9-16(15)23)18(25)29-17-7-8-20(19(26)28-11-21(17,20)27)10-12-1-4-14(24)5-2-12/h1-6,9,17,27H,7-8,10-11H2/t17-,20-,21-/m0/s1. The monoisotopic (exact) mass is 438 g/mol. The number of cyclic esters (lactones) is 1. The Morgan fingerprint density at radius 1 is 1.21 bits per heavy atom. The van der Waals surface area contributed by atoms with Gasteiger partial charge in [-0.1, -0.05) is 35.3 Å². The lowest BCUT2D eigenvalue weighted by Crippen LogP contribution is -2.53. The van der Waals surface area contributed by atoms with E-state index in [9.17, 15) is 19.1 Å². The zero-order valence-corrected chi connectivity index (χ0v) is 16.7. The van der Waals surface area contributed by atoms with E-state index in [0.717, 1.165) is 0 Å². The van der Waals surface area contributed by atoms with Crippen LogP contribution in [0.5, 0.6) is 0 Å². The molecule has 2 fully saturated rings. The van der Waals surface area contributed by atoms with Crippen LogP contribution >= 0.6 is 23.2 Å². The number of aliphatic hydroxyl groups is 1. The van der Waals surface area contributed by atoms with E-state index in [1.54, 1.807) is 12.1 Å². The summed E-state index contributed by atoms with van der Waals surface area (Å²) in [4.78, 5) is 25.2. The minimum absolute atomic E-state index is 0.156. The lowest BCUT2D eigenvalue weighted by atomic mass is 9.71. The molecule has 0 aromatic heterocycles. The zero-order valence-electron chi connectivity index (χ0n) is 15.2.